The molecular formula is C22H32N2O3. The summed E-state index contributed by atoms with van der Waals surface area (Å²) in [6, 6.07) is 13.1. The summed E-state index contributed by atoms with van der Waals surface area (Å²) in [5.74, 6) is 2.15. The Balaban J connectivity index is 2.02. The molecule has 0 radical (unpaired) electrons. The Labute approximate surface area is 163 Å². The van der Waals surface area contributed by atoms with Crippen molar-refractivity contribution < 1.29 is 14.2 Å². The Kier molecular flexibility index (Phi) is 7.95. The lowest BCUT2D eigenvalue weighted by Gasteiger charge is -2.21. The molecule has 5 heteroatoms. The maximum atomic E-state index is 5.49. The van der Waals surface area contributed by atoms with Crippen LogP contribution in [0.2, 0.25) is 0 Å². The van der Waals surface area contributed by atoms with Crippen molar-refractivity contribution >= 4 is 0 Å². The van der Waals surface area contributed by atoms with Crippen molar-refractivity contribution in [2.24, 2.45) is 0 Å². The van der Waals surface area contributed by atoms with Gasteiger partial charge in [0.2, 0.25) is 0 Å². The van der Waals surface area contributed by atoms with Crippen LogP contribution in [-0.4, -0.2) is 39.3 Å². The number of hydrogen-bond donors (Lipinski definition) is 1. The van der Waals surface area contributed by atoms with Gasteiger partial charge in [0.15, 0.2) is 11.5 Å². The lowest BCUT2D eigenvalue weighted by Crippen LogP contribution is -2.25. The average molecular weight is 373 g/mol. The molecule has 2 rings (SSSR count). The van der Waals surface area contributed by atoms with Gasteiger partial charge in [0, 0.05) is 37.3 Å². The SMILES string of the molecule is COc1cc(OC)c(OC)cc1CNCc1cccc(CN(C)C(C)C)c1. The molecule has 5 nitrogen and oxygen atoms in total. The second-order valence-electron chi connectivity index (χ2n) is 6.95. The highest BCUT2D eigenvalue weighted by Crippen LogP contribution is 2.34. The van der Waals surface area contributed by atoms with E-state index in [2.05, 4.69) is 55.4 Å². The van der Waals surface area contributed by atoms with E-state index in [1.807, 2.05) is 12.1 Å². The smallest absolute Gasteiger partial charge is 0.164 e. The molecule has 27 heavy (non-hydrogen) atoms. The van der Waals surface area contributed by atoms with Gasteiger partial charge in [-0.15, -0.1) is 0 Å². The number of benzene rings is 2. The maximum absolute atomic E-state index is 5.49. The van der Waals surface area contributed by atoms with E-state index in [4.69, 9.17) is 14.2 Å². The van der Waals surface area contributed by atoms with Crippen molar-refractivity contribution in [2.45, 2.75) is 39.5 Å². The van der Waals surface area contributed by atoms with E-state index in [0.717, 1.165) is 24.4 Å². The van der Waals surface area contributed by atoms with E-state index < -0.39 is 0 Å². The van der Waals surface area contributed by atoms with Gasteiger partial charge in [0.1, 0.15) is 5.75 Å². The predicted octanol–water partition coefficient (Wildman–Crippen LogP) is 3.84. The van der Waals surface area contributed by atoms with Gasteiger partial charge < -0.3 is 19.5 Å². The monoisotopic (exact) mass is 372 g/mol. The number of nitrogens with zero attached hydrogens (tertiary/aromatic N) is 1. The van der Waals surface area contributed by atoms with Crippen LogP contribution in [0.5, 0.6) is 17.2 Å². The average Bonchev–Trinajstić information content (AvgIpc) is 2.67. The molecule has 2 aromatic rings. The summed E-state index contributed by atoms with van der Waals surface area (Å²) in [7, 11) is 7.08. The second-order valence-corrected chi connectivity index (χ2v) is 6.95. The minimum Gasteiger partial charge on any atom is -0.496 e. The first-order chi connectivity index (χ1) is 13.0. The fraction of sp³-hybridized carbons (Fsp3) is 0.455. The molecule has 0 aliphatic rings. The minimum atomic E-state index is 0.532. The molecule has 0 saturated carbocycles. The van der Waals surface area contributed by atoms with Gasteiger partial charge in [0.05, 0.1) is 21.3 Å². The summed E-state index contributed by atoms with van der Waals surface area (Å²) in [5, 5.41) is 3.49. The minimum absolute atomic E-state index is 0.532. The normalized spacial score (nSPS) is 11.1. The van der Waals surface area contributed by atoms with Crippen LogP contribution in [0.15, 0.2) is 36.4 Å². The van der Waals surface area contributed by atoms with Gasteiger partial charge in [-0.2, -0.15) is 0 Å². The van der Waals surface area contributed by atoms with Gasteiger partial charge >= 0.3 is 0 Å². The first kappa shape index (κ1) is 21.1. The summed E-state index contributed by atoms with van der Waals surface area (Å²) in [6.07, 6.45) is 0. The third kappa shape index (κ3) is 5.88. The quantitative estimate of drug-likeness (QED) is 0.686. The Bertz CT molecular complexity index is 731. The van der Waals surface area contributed by atoms with Crippen LogP contribution in [0.25, 0.3) is 0 Å². The molecule has 0 aliphatic heterocycles. The van der Waals surface area contributed by atoms with E-state index in [0.29, 0.717) is 24.1 Å². The fourth-order valence-electron chi connectivity index (χ4n) is 2.88. The molecule has 0 bridgehead atoms. The highest BCUT2D eigenvalue weighted by molar-refractivity contribution is 5.50. The van der Waals surface area contributed by atoms with Crippen molar-refractivity contribution in [3.8, 4) is 17.2 Å². The van der Waals surface area contributed by atoms with Crippen molar-refractivity contribution in [3.63, 3.8) is 0 Å². The fourth-order valence-corrected chi connectivity index (χ4v) is 2.88. The zero-order valence-corrected chi connectivity index (χ0v) is 17.3. The van der Waals surface area contributed by atoms with Crippen molar-refractivity contribution in [1.82, 2.24) is 10.2 Å². The van der Waals surface area contributed by atoms with E-state index in [-0.39, 0.29) is 0 Å². The molecule has 0 atom stereocenters. The lowest BCUT2D eigenvalue weighted by molar-refractivity contribution is 0.266. The van der Waals surface area contributed by atoms with Crippen LogP contribution < -0.4 is 19.5 Å². The zero-order valence-electron chi connectivity index (χ0n) is 17.3. The van der Waals surface area contributed by atoms with Crippen LogP contribution in [0.3, 0.4) is 0 Å². The molecule has 0 fully saturated rings. The van der Waals surface area contributed by atoms with Crippen LogP contribution in [-0.2, 0) is 19.6 Å². The van der Waals surface area contributed by atoms with E-state index in [9.17, 15) is 0 Å². The molecule has 0 heterocycles. The summed E-state index contributed by atoms with van der Waals surface area (Å²) >= 11 is 0. The van der Waals surface area contributed by atoms with E-state index >= 15 is 0 Å². The van der Waals surface area contributed by atoms with E-state index in [1.165, 1.54) is 11.1 Å². The molecule has 0 unspecified atom stereocenters. The number of nitrogens with one attached hydrogen (secondary N) is 1. The third-order valence-corrected chi connectivity index (χ3v) is 4.74. The Morgan fingerprint density at radius 2 is 1.48 bits per heavy atom. The Hall–Kier alpha value is -2.24. The number of methoxy groups -OCH3 is 3. The third-order valence-electron chi connectivity index (χ3n) is 4.74. The summed E-state index contributed by atoms with van der Waals surface area (Å²) in [5.41, 5.74) is 3.63. The van der Waals surface area contributed by atoms with Crippen molar-refractivity contribution in [2.75, 3.05) is 28.4 Å². The van der Waals surface area contributed by atoms with Gasteiger partial charge in [-0.1, -0.05) is 24.3 Å². The van der Waals surface area contributed by atoms with Gasteiger partial charge in [-0.05, 0) is 38.1 Å². The molecule has 0 amide bonds. The van der Waals surface area contributed by atoms with Crippen LogP contribution >= 0.6 is 0 Å². The molecule has 1 N–H and O–H groups in total. The number of hydrogen-bond acceptors (Lipinski definition) is 5. The summed E-state index contributed by atoms with van der Waals surface area (Å²) in [6.45, 7) is 6.84. The molecule has 2 aromatic carbocycles. The van der Waals surface area contributed by atoms with Crippen LogP contribution in [0, 0.1) is 0 Å². The summed E-state index contributed by atoms with van der Waals surface area (Å²) < 4.78 is 16.2. The highest BCUT2D eigenvalue weighted by atomic mass is 16.5. The number of rotatable bonds is 10. The van der Waals surface area contributed by atoms with E-state index in [1.54, 1.807) is 21.3 Å². The Morgan fingerprint density at radius 3 is 2.11 bits per heavy atom. The van der Waals surface area contributed by atoms with Crippen LogP contribution in [0.1, 0.15) is 30.5 Å². The molecular weight excluding hydrogens is 340 g/mol. The predicted molar refractivity (Wildman–Crippen MR) is 110 cm³/mol. The molecule has 0 saturated heterocycles. The first-order valence-corrected chi connectivity index (χ1v) is 9.26. The lowest BCUT2D eigenvalue weighted by atomic mass is 10.1. The molecule has 0 aliphatic carbocycles. The first-order valence-electron chi connectivity index (χ1n) is 9.26. The number of ether oxygens (including phenoxy) is 3. The standard InChI is InChI=1S/C22H32N2O3/c1-16(2)24(3)15-18-9-7-8-17(10-18)13-23-14-19-11-21(26-5)22(27-6)12-20(19)25-4/h7-12,16,23H,13-15H2,1-6H3. The molecule has 0 spiro atoms. The zero-order chi connectivity index (χ0) is 19.8. The largest absolute Gasteiger partial charge is 0.496 e. The van der Waals surface area contributed by atoms with Gasteiger partial charge in [-0.25, -0.2) is 0 Å². The van der Waals surface area contributed by atoms with Crippen molar-refractivity contribution in [3.05, 3.63) is 53.1 Å². The van der Waals surface area contributed by atoms with Gasteiger partial charge in [-0.3, -0.25) is 4.90 Å². The highest BCUT2D eigenvalue weighted by Gasteiger charge is 2.11. The Morgan fingerprint density at radius 1 is 0.852 bits per heavy atom. The molecule has 148 valence electrons. The van der Waals surface area contributed by atoms with Gasteiger partial charge in [0.25, 0.3) is 0 Å². The maximum Gasteiger partial charge on any atom is 0.164 e. The summed E-state index contributed by atoms with van der Waals surface area (Å²) in [4.78, 5) is 2.33. The topological polar surface area (TPSA) is 43.0 Å². The van der Waals surface area contributed by atoms with Crippen molar-refractivity contribution in [1.29, 1.82) is 0 Å². The molecule has 0 aromatic heterocycles. The van der Waals surface area contributed by atoms with Crippen LogP contribution in [0.4, 0.5) is 0 Å². The second kappa shape index (κ2) is 10.2.